The van der Waals surface area contributed by atoms with Crippen LogP contribution in [0.4, 0.5) is 0 Å². The molecular formula is C19H23N3O4. The molecule has 0 N–H and O–H groups in total. The molecule has 0 spiro atoms. The zero-order chi connectivity index (χ0) is 18.5. The highest BCUT2D eigenvalue weighted by Gasteiger charge is 2.27. The molecule has 0 aliphatic heterocycles. The molecule has 0 atom stereocenters. The smallest absolute Gasteiger partial charge is 0.307 e. The number of carbonyl (C=O) groups is 2. The van der Waals surface area contributed by atoms with Crippen molar-refractivity contribution in [2.75, 3.05) is 19.7 Å². The second kappa shape index (κ2) is 8.12. The lowest BCUT2D eigenvalue weighted by Gasteiger charge is -2.22. The Morgan fingerprint density at radius 2 is 2.08 bits per heavy atom. The van der Waals surface area contributed by atoms with E-state index in [9.17, 15) is 14.4 Å². The van der Waals surface area contributed by atoms with Crippen LogP contribution in [0.1, 0.15) is 26.2 Å². The average Bonchev–Trinajstić information content (AvgIpc) is 3.45. The Bertz CT molecular complexity index is 857. The Kier molecular flexibility index (Phi) is 5.65. The number of aromatic nitrogens is 2. The Morgan fingerprint density at radius 3 is 2.81 bits per heavy atom. The molecule has 3 rings (SSSR count). The number of esters is 1. The van der Waals surface area contributed by atoms with Gasteiger partial charge in [-0.25, -0.2) is 4.98 Å². The van der Waals surface area contributed by atoms with E-state index in [4.69, 9.17) is 4.74 Å². The van der Waals surface area contributed by atoms with E-state index >= 15 is 0 Å². The van der Waals surface area contributed by atoms with Gasteiger partial charge in [0, 0.05) is 13.1 Å². The third-order valence-corrected chi connectivity index (χ3v) is 4.46. The number of hydrogen-bond acceptors (Lipinski definition) is 5. The summed E-state index contributed by atoms with van der Waals surface area (Å²) < 4.78 is 6.26. The summed E-state index contributed by atoms with van der Waals surface area (Å²) in [7, 11) is 0. The van der Waals surface area contributed by atoms with Gasteiger partial charge in [0.15, 0.2) is 0 Å². The normalized spacial score (nSPS) is 13.6. The minimum Gasteiger partial charge on any atom is -0.466 e. The summed E-state index contributed by atoms with van der Waals surface area (Å²) in [6.45, 7) is 2.93. The number of nitrogens with zero attached hydrogens (tertiary/aromatic N) is 3. The van der Waals surface area contributed by atoms with E-state index in [1.54, 1.807) is 30.0 Å². The number of carbonyl (C=O) groups excluding carboxylic acids is 2. The van der Waals surface area contributed by atoms with Gasteiger partial charge in [-0.15, -0.1) is 0 Å². The molecule has 1 heterocycles. The highest BCUT2D eigenvalue weighted by Crippen LogP contribution is 2.29. The topological polar surface area (TPSA) is 81.5 Å². The molecule has 138 valence electrons. The highest BCUT2D eigenvalue weighted by molar-refractivity contribution is 5.79. The van der Waals surface area contributed by atoms with Crippen LogP contribution < -0.4 is 5.56 Å². The molecule has 1 aromatic carbocycles. The maximum absolute atomic E-state index is 12.7. The van der Waals surface area contributed by atoms with Crippen molar-refractivity contribution in [1.82, 2.24) is 14.5 Å². The summed E-state index contributed by atoms with van der Waals surface area (Å²) >= 11 is 0. The van der Waals surface area contributed by atoms with Gasteiger partial charge in [-0.1, -0.05) is 12.1 Å². The van der Waals surface area contributed by atoms with E-state index in [-0.39, 0.29) is 30.4 Å². The molecule has 1 saturated carbocycles. The molecule has 0 bridgehead atoms. The van der Waals surface area contributed by atoms with E-state index in [0.717, 1.165) is 12.8 Å². The van der Waals surface area contributed by atoms with Crippen LogP contribution >= 0.6 is 0 Å². The minimum atomic E-state index is -0.314. The molecule has 0 saturated heterocycles. The molecule has 0 radical (unpaired) electrons. The average molecular weight is 357 g/mol. The van der Waals surface area contributed by atoms with Crippen LogP contribution in [0.25, 0.3) is 10.9 Å². The molecule has 1 aliphatic carbocycles. The Morgan fingerprint density at radius 1 is 1.31 bits per heavy atom. The molecule has 7 heteroatoms. The number of ether oxygens (including phenoxy) is 1. The highest BCUT2D eigenvalue weighted by atomic mass is 16.5. The lowest BCUT2D eigenvalue weighted by atomic mass is 10.2. The molecular weight excluding hydrogens is 334 g/mol. The van der Waals surface area contributed by atoms with Gasteiger partial charge in [-0.05, 0) is 37.8 Å². The third kappa shape index (κ3) is 4.47. The summed E-state index contributed by atoms with van der Waals surface area (Å²) in [6.07, 6.45) is 3.77. The second-order valence-corrected chi connectivity index (χ2v) is 6.53. The molecule has 2 aromatic rings. The van der Waals surface area contributed by atoms with Crippen LogP contribution in [0.15, 0.2) is 35.4 Å². The summed E-state index contributed by atoms with van der Waals surface area (Å²) in [6, 6.07) is 7.06. The van der Waals surface area contributed by atoms with Crippen LogP contribution in [0.5, 0.6) is 0 Å². The molecule has 1 amide bonds. The van der Waals surface area contributed by atoms with Crippen LogP contribution in [0, 0.1) is 5.92 Å². The first-order valence-corrected chi connectivity index (χ1v) is 8.96. The quantitative estimate of drug-likeness (QED) is 0.670. The van der Waals surface area contributed by atoms with Crippen LogP contribution in [-0.4, -0.2) is 46.0 Å². The van der Waals surface area contributed by atoms with Gasteiger partial charge in [0.25, 0.3) is 5.56 Å². The van der Waals surface area contributed by atoms with Crippen LogP contribution in [-0.2, 0) is 20.9 Å². The molecule has 26 heavy (non-hydrogen) atoms. The Labute approximate surface area is 151 Å². The predicted octanol–water partition coefficient (Wildman–Crippen LogP) is 1.59. The predicted molar refractivity (Wildman–Crippen MR) is 96.6 cm³/mol. The fourth-order valence-corrected chi connectivity index (χ4v) is 2.85. The number of rotatable bonds is 8. The first-order valence-electron chi connectivity index (χ1n) is 8.96. The third-order valence-electron chi connectivity index (χ3n) is 4.46. The van der Waals surface area contributed by atoms with Crippen molar-refractivity contribution in [3.63, 3.8) is 0 Å². The van der Waals surface area contributed by atoms with Crippen molar-refractivity contribution in [3.8, 4) is 0 Å². The fourth-order valence-electron chi connectivity index (χ4n) is 2.85. The van der Waals surface area contributed by atoms with Gasteiger partial charge in [0.1, 0.15) is 6.54 Å². The van der Waals surface area contributed by atoms with Crippen LogP contribution in [0.2, 0.25) is 0 Å². The summed E-state index contributed by atoms with van der Waals surface area (Å²) in [5.41, 5.74) is 0.374. The zero-order valence-electron chi connectivity index (χ0n) is 14.9. The van der Waals surface area contributed by atoms with E-state index in [1.807, 2.05) is 6.07 Å². The minimum absolute atomic E-state index is 0.0772. The number of fused-ring (bicyclic) bond motifs is 1. The molecule has 0 unspecified atom stereocenters. The molecule has 1 fully saturated rings. The summed E-state index contributed by atoms with van der Waals surface area (Å²) in [4.78, 5) is 42.8. The zero-order valence-corrected chi connectivity index (χ0v) is 14.9. The molecule has 7 nitrogen and oxygen atoms in total. The van der Waals surface area contributed by atoms with Gasteiger partial charge in [0.05, 0.1) is 30.3 Å². The Balaban J connectivity index is 1.71. The molecule has 1 aliphatic rings. The van der Waals surface area contributed by atoms with Gasteiger partial charge < -0.3 is 9.64 Å². The number of benzene rings is 1. The molecule has 1 aromatic heterocycles. The summed E-state index contributed by atoms with van der Waals surface area (Å²) in [5.74, 6) is -0.00129. The maximum Gasteiger partial charge on any atom is 0.307 e. The lowest BCUT2D eigenvalue weighted by Crippen LogP contribution is -2.39. The van der Waals surface area contributed by atoms with Gasteiger partial charge in [-0.2, -0.15) is 0 Å². The first kappa shape index (κ1) is 18.1. The Hall–Kier alpha value is -2.70. The van der Waals surface area contributed by atoms with Crippen molar-refractivity contribution in [2.45, 2.75) is 32.7 Å². The number of amides is 1. The largest absolute Gasteiger partial charge is 0.466 e. The van der Waals surface area contributed by atoms with Gasteiger partial charge >= 0.3 is 5.97 Å². The van der Waals surface area contributed by atoms with Crippen molar-refractivity contribution in [2.24, 2.45) is 5.92 Å². The maximum atomic E-state index is 12.7. The standard InChI is InChI=1S/C19H23N3O4/c1-2-26-18(24)9-10-21(11-14-7-8-14)17(23)12-22-13-20-16-6-4-3-5-15(16)19(22)25/h3-6,13-14H,2,7-12H2,1H3. The monoisotopic (exact) mass is 357 g/mol. The SMILES string of the molecule is CCOC(=O)CCN(CC1CC1)C(=O)Cn1cnc2ccccc2c1=O. The van der Waals surface area contributed by atoms with Crippen molar-refractivity contribution < 1.29 is 14.3 Å². The number of para-hydroxylation sites is 1. The van der Waals surface area contributed by atoms with Crippen molar-refractivity contribution in [3.05, 3.63) is 40.9 Å². The first-order chi connectivity index (χ1) is 12.6. The van der Waals surface area contributed by atoms with Crippen molar-refractivity contribution >= 4 is 22.8 Å². The van der Waals surface area contributed by atoms with E-state index < -0.39 is 0 Å². The van der Waals surface area contributed by atoms with Gasteiger partial charge in [-0.3, -0.25) is 19.0 Å². The van der Waals surface area contributed by atoms with E-state index in [0.29, 0.717) is 36.5 Å². The summed E-state index contributed by atoms with van der Waals surface area (Å²) in [5, 5.41) is 0.489. The van der Waals surface area contributed by atoms with Crippen molar-refractivity contribution in [1.29, 1.82) is 0 Å². The van der Waals surface area contributed by atoms with Gasteiger partial charge in [0.2, 0.25) is 5.91 Å². The fraction of sp³-hybridized carbons (Fsp3) is 0.474. The second-order valence-electron chi connectivity index (χ2n) is 6.53. The van der Waals surface area contributed by atoms with E-state index in [2.05, 4.69) is 4.98 Å². The number of hydrogen-bond donors (Lipinski definition) is 0. The lowest BCUT2D eigenvalue weighted by molar-refractivity contribution is -0.144. The van der Waals surface area contributed by atoms with E-state index in [1.165, 1.54) is 10.9 Å². The van der Waals surface area contributed by atoms with Crippen LogP contribution in [0.3, 0.4) is 0 Å².